The number of hydrogen-bond donors (Lipinski definition) is 3. The van der Waals surface area contributed by atoms with E-state index in [0.717, 1.165) is 37.3 Å². The number of carbonyl (C=O) groups is 3. The number of nitro groups is 1. The molecule has 3 amide bonds. The number of urea groups is 1. The monoisotopic (exact) mass is 612 g/mol. The Morgan fingerprint density at radius 2 is 1.61 bits per heavy atom. The molecule has 0 saturated heterocycles. The van der Waals surface area contributed by atoms with Gasteiger partial charge in [0.15, 0.2) is 0 Å². The highest BCUT2D eigenvalue weighted by Gasteiger charge is 2.33. The topological polar surface area (TPSA) is 142 Å². The second-order valence-corrected chi connectivity index (χ2v) is 10.6. The zero-order chi connectivity index (χ0) is 31.9. The van der Waals surface area contributed by atoms with E-state index in [1.807, 2.05) is 12.1 Å². The fraction of sp³-hybridized carbons (Fsp3) is 0.323. The highest BCUT2D eigenvalue weighted by atomic mass is 19.4. The molecule has 3 aromatic rings. The molecule has 0 aromatic heterocycles. The molecule has 0 radical (unpaired) electrons. The van der Waals surface area contributed by atoms with Crippen LogP contribution in [-0.2, 0) is 17.5 Å². The lowest BCUT2D eigenvalue weighted by atomic mass is 9.84. The molecule has 3 aromatic carbocycles. The molecular formula is C31H31F3N4O6. The number of nitrogens with one attached hydrogen (secondary N) is 2. The van der Waals surface area contributed by atoms with Crippen LogP contribution in [0.2, 0.25) is 0 Å². The summed E-state index contributed by atoms with van der Waals surface area (Å²) < 4.78 is 40.3. The van der Waals surface area contributed by atoms with Crippen molar-refractivity contribution in [1.29, 1.82) is 0 Å². The van der Waals surface area contributed by atoms with Crippen molar-refractivity contribution < 1.29 is 37.6 Å². The Kier molecular flexibility index (Phi) is 10.2. The lowest BCUT2D eigenvalue weighted by molar-refractivity contribution is -0.385. The maximum absolute atomic E-state index is 13.5. The van der Waals surface area contributed by atoms with Gasteiger partial charge in [-0.3, -0.25) is 24.6 Å². The Hall–Kier alpha value is -4.94. The van der Waals surface area contributed by atoms with Gasteiger partial charge >= 0.3 is 18.2 Å². The molecule has 1 aliphatic rings. The summed E-state index contributed by atoms with van der Waals surface area (Å²) >= 11 is 0. The number of carboxylic acids is 1. The van der Waals surface area contributed by atoms with Gasteiger partial charge in [-0.1, -0.05) is 43.5 Å². The van der Waals surface area contributed by atoms with E-state index in [2.05, 4.69) is 10.6 Å². The highest BCUT2D eigenvalue weighted by molar-refractivity contribution is 6.02. The molecular weight excluding hydrogens is 581 g/mol. The van der Waals surface area contributed by atoms with Gasteiger partial charge < -0.3 is 15.7 Å². The molecule has 0 bridgehead atoms. The minimum absolute atomic E-state index is 0.0451. The SMILES string of the molecule is O=C(O)CCNC(=O)c1ccc(CN(C(=O)Nc2cc([N+](=O)[O-])cc(C(F)(F)F)c2)c2ccc(C3CCCCC3)cc2)cc1. The van der Waals surface area contributed by atoms with E-state index in [-0.39, 0.29) is 25.1 Å². The van der Waals surface area contributed by atoms with Crippen LogP contribution in [0, 0.1) is 10.1 Å². The molecule has 232 valence electrons. The summed E-state index contributed by atoms with van der Waals surface area (Å²) in [6.07, 6.45) is 0.487. The van der Waals surface area contributed by atoms with Crippen molar-refractivity contribution in [2.75, 3.05) is 16.8 Å². The molecule has 0 unspecified atom stereocenters. The first-order valence-corrected chi connectivity index (χ1v) is 14.0. The third-order valence-corrected chi connectivity index (χ3v) is 7.41. The van der Waals surface area contributed by atoms with Gasteiger partial charge in [0.2, 0.25) is 0 Å². The number of nitro benzene ring substituents is 1. The first-order chi connectivity index (χ1) is 20.9. The lowest BCUT2D eigenvalue weighted by Gasteiger charge is -2.26. The van der Waals surface area contributed by atoms with E-state index in [1.54, 1.807) is 24.3 Å². The number of carboxylic acid groups (broad SMARTS) is 1. The molecule has 10 nitrogen and oxygen atoms in total. The van der Waals surface area contributed by atoms with E-state index >= 15 is 0 Å². The van der Waals surface area contributed by atoms with E-state index < -0.39 is 45.9 Å². The van der Waals surface area contributed by atoms with Gasteiger partial charge in [-0.25, -0.2) is 4.79 Å². The quantitative estimate of drug-likeness (QED) is 0.165. The average Bonchev–Trinajstić information content (AvgIpc) is 3.00. The smallest absolute Gasteiger partial charge is 0.416 e. The number of rotatable bonds is 10. The number of benzene rings is 3. The van der Waals surface area contributed by atoms with Crippen LogP contribution in [0.3, 0.4) is 0 Å². The van der Waals surface area contributed by atoms with Crippen LogP contribution in [0.25, 0.3) is 0 Å². The molecule has 4 rings (SSSR count). The molecule has 1 fully saturated rings. The highest BCUT2D eigenvalue weighted by Crippen LogP contribution is 2.35. The Morgan fingerprint density at radius 3 is 2.20 bits per heavy atom. The number of aliphatic carboxylic acids is 1. The third-order valence-electron chi connectivity index (χ3n) is 7.41. The van der Waals surface area contributed by atoms with Gasteiger partial charge in [0.1, 0.15) is 0 Å². The number of nitrogens with zero attached hydrogens (tertiary/aromatic N) is 2. The normalized spacial score (nSPS) is 13.6. The molecule has 0 atom stereocenters. The fourth-order valence-corrected chi connectivity index (χ4v) is 5.12. The van der Waals surface area contributed by atoms with Crippen molar-refractivity contribution in [3.8, 4) is 0 Å². The predicted molar refractivity (Wildman–Crippen MR) is 157 cm³/mol. The van der Waals surface area contributed by atoms with E-state index in [4.69, 9.17) is 5.11 Å². The van der Waals surface area contributed by atoms with Crippen molar-refractivity contribution in [3.63, 3.8) is 0 Å². The predicted octanol–water partition coefficient (Wildman–Crippen LogP) is 7.10. The van der Waals surface area contributed by atoms with Gasteiger partial charge in [0.05, 0.1) is 23.5 Å². The first-order valence-electron chi connectivity index (χ1n) is 14.0. The Morgan fingerprint density at radius 1 is 0.955 bits per heavy atom. The Labute approximate surface area is 251 Å². The molecule has 44 heavy (non-hydrogen) atoms. The second-order valence-electron chi connectivity index (χ2n) is 10.6. The van der Waals surface area contributed by atoms with Crippen molar-refractivity contribution in [3.05, 3.63) is 99.1 Å². The minimum atomic E-state index is -4.87. The van der Waals surface area contributed by atoms with Gasteiger partial charge in [-0.15, -0.1) is 0 Å². The summed E-state index contributed by atoms with van der Waals surface area (Å²) in [5.41, 5.74) is -0.0801. The van der Waals surface area contributed by atoms with Crippen LogP contribution in [0.15, 0.2) is 66.7 Å². The van der Waals surface area contributed by atoms with Gasteiger partial charge in [0, 0.05) is 35.6 Å². The Balaban J connectivity index is 1.60. The lowest BCUT2D eigenvalue weighted by Crippen LogP contribution is -2.34. The Bertz CT molecular complexity index is 1500. The van der Waals surface area contributed by atoms with Crippen LogP contribution in [0.1, 0.15) is 71.5 Å². The summed E-state index contributed by atoms with van der Waals surface area (Å²) in [5.74, 6) is -1.12. The van der Waals surface area contributed by atoms with Crippen molar-refractivity contribution in [2.45, 2.75) is 57.2 Å². The zero-order valence-electron chi connectivity index (χ0n) is 23.6. The first kappa shape index (κ1) is 32.0. The van der Waals surface area contributed by atoms with Gasteiger partial charge in [-0.2, -0.15) is 13.2 Å². The summed E-state index contributed by atoms with van der Waals surface area (Å²) in [7, 11) is 0. The minimum Gasteiger partial charge on any atom is -0.481 e. The summed E-state index contributed by atoms with van der Waals surface area (Å²) in [5, 5.41) is 24.9. The molecule has 1 aliphatic carbocycles. The van der Waals surface area contributed by atoms with Gasteiger partial charge in [0.25, 0.3) is 11.6 Å². The summed E-state index contributed by atoms with van der Waals surface area (Å²) in [4.78, 5) is 48.2. The van der Waals surface area contributed by atoms with Crippen LogP contribution in [-0.4, -0.2) is 34.5 Å². The van der Waals surface area contributed by atoms with Crippen LogP contribution in [0.5, 0.6) is 0 Å². The van der Waals surface area contributed by atoms with Crippen molar-refractivity contribution >= 4 is 35.0 Å². The second kappa shape index (κ2) is 14.0. The summed E-state index contributed by atoms with van der Waals surface area (Å²) in [6.45, 7) is -0.0923. The number of anilines is 2. The zero-order valence-corrected chi connectivity index (χ0v) is 23.6. The van der Waals surface area contributed by atoms with Crippen LogP contribution in [0.4, 0.5) is 35.0 Å². The maximum atomic E-state index is 13.5. The van der Waals surface area contributed by atoms with Crippen molar-refractivity contribution in [1.82, 2.24) is 5.32 Å². The molecule has 0 spiro atoms. The van der Waals surface area contributed by atoms with Gasteiger partial charge in [-0.05, 0) is 60.2 Å². The van der Waals surface area contributed by atoms with Crippen LogP contribution >= 0.6 is 0 Å². The molecule has 0 heterocycles. The van der Waals surface area contributed by atoms with Crippen LogP contribution < -0.4 is 15.5 Å². The van der Waals surface area contributed by atoms with E-state index in [9.17, 15) is 37.7 Å². The number of alkyl halides is 3. The molecule has 1 saturated carbocycles. The average molecular weight is 613 g/mol. The third kappa shape index (κ3) is 8.55. The largest absolute Gasteiger partial charge is 0.481 e. The summed E-state index contributed by atoms with van der Waals surface area (Å²) in [6, 6.07) is 14.6. The fourth-order valence-electron chi connectivity index (χ4n) is 5.12. The number of amides is 3. The maximum Gasteiger partial charge on any atom is 0.416 e. The standard InChI is InChI=1S/C31H31F3N4O6/c32-31(33,34)24-16-25(18-27(17-24)38(43)44)36-30(42)37(26-12-10-22(11-13-26)21-4-2-1-3-5-21)19-20-6-8-23(9-7-20)29(41)35-15-14-28(39)40/h6-13,16-18,21H,1-5,14-15,19H2,(H,35,41)(H,36,42)(H,39,40). The number of halogens is 3. The van der Waals surface area contributed by atoms with Crippen molar-refractivity contribution in [2.24, 2.45) is 0 Å². The molecule has 13 heteroatoms. The number of carbonyl (C=O) groups excluding carboxylic acids is 2. The molecule has 0 aliphatic heterocycles. The molecule has 3 N–H and O–H groups in total. The number of hydrogen-bond acceptors (Lipinski definition) is 5. The van der Waals surface area contributed by atoms with E-state index in [0.29, 0.717) is 29.3 Å². The number of non-ortho nitro benzene ring substituents is 1. The van der Waals surface area contributed by atoms with E-state index in [1.165, 1.54) is 23.5 Å².